The van der Waals surface area contributed by atoms with E-state index >= 15 is 0 Å². The Labute approximate surface area is 124 Å². The Hall–Kier alpha value is -1.06. The van der Waals surface area contributed by atoms with Gasteiger partial charge in [-0.3, -0.25) is 0 Å². The summed E-state index contributed by atoms with van der Waals surface area (Å²) in [6.45, 7) is 7.37. The SMILES string of the molecule is COc1cccc(CN(C)CCC(CN)CC(C)C)c1. The Kier molecular flexibility index (Phi) is 7.63. The summed E-state index contributed by atoms with van der Waals surface area (Å²) in [6.07, 6.45) is 2.40. The number of rotatable bonds is 9. The van der Waals surface area contributed by atoms with Crippen molar-refractivity contribution >= 4 is 0 Å². The van der Waals surface area contributed by atoms with Crippen molar-refractivity contribution in [3.63, 3.8) is 0 Å². The molecule has 0 amide bonds. The summed E-state index contributed by atoms with van der Waals surface area (Å²) >= 11 is 0. The molecule has 3 nitrogen and oxygen atoms in total. The van der Waals surface area contributed by atoms with Crippen molar-refractivity contribution in [2.75, 3.05) is 27.2 Å². The molecule has 0 saturated heterocycles. The lowest BCUT2D eigenvalue weighted by atomic mass is 9.94. The second-order valence-corrected chi connectivity index (χ2v) is 6.11. The van der Waals surface area contributed by atoms with Gasteiger partial charge in [0.15, 0.2) is 0 Å². The van der Waals surface area contributed by atoms with Crippen molar-refractivity contribution < 1.29 is 4.74 Å². The fraction of sp³-hybridized carbons (Fsp3) is 0.647. The third-order valence-electron chi connectivity index (χ3n) is 3.64. The molecule has 0 bridgehead atoms. The molecule has 1 atom stereocenters. The van der Waals surface area contributed by atoms with Crippen LogP contribution in [-0.4, -0.2) is 32.1 Å². The molecule has 2 N–H and O–H groups in total. The van der Waals surface area contributed by atoms with Crippen molar-refractivity contribution in [2.45, 2.75) is 33.2 Å². The molecule has 1 unspecified atom stereocenters. The molecule has 0 heterocycles. The molecular formula is C17H30N2O. The van der Waals surface area contributed by atoms with Gasteiger partial charge in [-0.05, 0) is 62.5 Å². The monoisotopic (exact) mass is 278 g/mol. The number of hydrogen-bond acceptors (Lipinski definition) is 3. The molecule has 0 aromatic heterocycles. The highest BCUT2D eigenvalue weighted by molar-refractivity contribution is 5.28. The van der Waals surface area contributed by atoms with E-state index in [1.807, 2.05) is 12.1 Å². The quantitative estimate of drug-likeness (QED) is 0.754. The summed E-state index contributed by atoms with van der Waals surface area (Å²) in [4.78, 5) is 2.36. The first-order chi connectivity index (χ1) is 9.55. The van der Waals surface area contributed by atoms with Gasteiger partial charge in [0.05, 0.1) is 7.11 Å². The maximum Gasteiger partial charge on any atom is 0.119 e. The van der Waals surface area contributed by atoms with Gasteiger partial charge in [-0.25, -0.2) is 0 Å². The van der Waals surface area contributed by atoms with Crippen LogP contribution in [0, 0.1) is 11.8 Å². The van der Waals surface area contributed by atoms with Gasteiger partial charge in [-0.2, -0.15) is 0 Å². The molecule has 3 heteroatoms. The summed E-state index contributed by atoms with van der Waals surface area (Å²) in [5.41, 5.74) is 7.15. The smallest absolute Gasteiger partial charge is 0.119 e. The third-order valence-corrected chi connectivity index (χ3v) is 3.64. The second kappa shape index (κ2) is 8.98. The highest BCUT2D eigenvalue weighted by Gasteiger charge is 2.10. The van der Waals surface area contributed by atoms with E-state index < -0.39 is 0 Å². The van der Waals surface area contributed by atoms with Crippen molar-refractivity contribution in [1.29, 1.82) is 0 Å². The molecule has 20 heavy (non-hydrogen) atoms. The van der Waals surface area contributed by atoms with E-state index in [2.05, 4.69) is 37.9 Å². The number of ether oxygens (including phenoxy) is 1. The van der Waals surface area contributed by atoms with Crippen LogP contribution in [0.1, 0.15) is 32.3 Å². The third kappa shape index (κ3) is 6.40. The zero-order chi connectivity index (χ0) is 15.0. The van der Waals surface area contributed by atoms with Crippen LogP contribution in [-0.2, 0) is 6.54 Å². The molecule has 0 aliphatic rings. The zero-order valence-electron chi connectivity index (χ0n) is 13.4. The van der Waals surface area contributed by atoms with Crippen LogP contribution in [0.5, 0.6) is 5.75 Å². The van der Waals surface area contributed by atoms with Crippen molar-refractivity contribution in [3.8, 4) is 5.75 Å². The Morgan fingerprint density at radius 3 is 2.65 bits per heavy atom. The minimum atomic E-state index is 0.641. The first-order valence-electron chi connectivity index (χ1n) is 7.56. The first kappa shape index (κ1) is 17.0. The van der Waals surface area contributed by atoms with Crippen LogP contribution >= 0.6 is 0 Å². The van der Waals surface area contributed by atoms with Gasteiger partial charge in [-0.1, -0.05) is 26.0 Å². The average molecular weight is 278 g/mol. The summed E-state index contributed by atoms with van der Waals surface area (Å²) in [7, 11) is 3.88. The number of methoxy groups -OCH3 is 1. The van der Waals surface area contributed by atoms with E-state index in [1.54, 1.807) is 7.11 Å². The van der Waals surface area contributed by atoms with Gasteiger partial charge in [0.2, 0.25) is 0 Å². The maximum atomic E-state index is 5.86. The van der Waals surface area contributed by atoms with Gasteiger partial charge in [0.25, 0.3) is 0 Å². The molecule has 0 fully saturated rings. The fourth-order valence-corrected chi connectivity index (χ4v) is 2.56. The van der Waals surface area contributed by atoms with Crippen LogP contribution in [0.25, 0.3) is 0 Å². The van der Waals surface area contributed by atoms with Gasteiger partial charge in [0.1, 0.15) is 5.75 Å². The van der Waals surface area contributed by atoms with E-state index in [1.165, 1.54) is 18.4 Å². The average Bonchev–Trinajstić information content (AvgIpc) is 2.43. The predicted molar refractivity (Wildman–Crippen MR) is 85.9 cm³/mol. The second-order valence-electron chi connectivity index (χ2n) is 6.11. The standard InChI is InChI=1S/C17H30N2O/c1-14(2)10-15(12-18)8-9-19(3)13-16-6-5-7-17(11-16)20-4/h5-7,11,14-15H,8-10,12-13,18H2,1-4H3. The van der Waals surface area contributed by atoms with Crippen molar-refractivity contribution in [2.24, 2.45) is 17.6 Å². The Bertz CT molecular complexity index is 379. The van der Waals surface area contributed by atoms with Crippen molar-refractivity contribution in [3.05, 3.63) is 29.8 Å². The molecule has 1 aromatic rings. The maximum absolute atomic E-state index is 5.86. The molecule has 0 spiro atoms. The van der Waals surface area contributed by atoms with Gasteiger partial charge in [0, 0.05) is 6.54 Å². The lowest BCUT2D eigenvalue weighted by Crippen LogP contribution is -2.25. The Morgan fingerprint density at radius 2 is 2.05 bits per heavy atom. The number of benzene rings is 1. The van der Waals surface area contributed by atoms with Gasteiger partial charge in [-0.15, -0.1) is 0 Å². The minimum Gasteiger partial charge on any atom is -0.497 e. The lowest BCUT2D eigenvalue weighted by molar-refractivity contribution is 0.278. The largest absolute Gasteiger partial charge is 0.497 e. The van der Waals surface area contributed by atoms with Crippen LogP contribution in [0.15, 0.2) is 24.3 Å². The van der Waals surface area contributed by atoms with E-state index in [4.69, 9.17) is 10.5 Å². The fourth-order valence-electron chi connectivity index (χ4n) is 2.56. The lowest BCUT2D eigenvalue weighted by Gasteiger charge is -2.22. The van der Waals surface area contributed by atoms with Crippen LogP contribution in [0.2, 0.25) is 0 Å². The summed E-state index contributed by atoms with van der Waals surface area (Å²) < 4.78 is 5.26. The molecule has 0 saturated carbocycles. The summed E-state index contributed by atoms with van der Waals surface area (Å²) in [5.74, 6) is 2.30. The zero-order valence-corrected chi connectivity index (χ0v) is 13.4. The van der Waals surface area contributed by atoms with Crippen LogP contribution < -0.4 is 10.5 Å². The molecule has 1 aromatic carbocycles. The molecular weight excluding hydrogens is 248 g/mol. The highest BCUT2D eigenvalue weighted by Crippen LogP contribution is 2.17. The van der Waals surface area contributed by atoms with E-state index in [-0.39, 0.29) is 0 Å². The summed E-state index contributed by atoms with van der Waals surface area (Å²) in [6, 6.07) is 8.28. The van der Waals surface area contributed by atoms with Crippen molar-refractivity contribution in [1.82, 2.24) is 4.90 Å². The normalized spacial score (nSPS) is 12.9. The minimum absolute atomic E-state index is 0.641. The molecule has 0 aliphatic heterocycles. The van der Waals surface area contributed by atoms with E-state index in [9.17, 15) is 0 Å². The molecule has 114 valence electrons. The van der Waals surface area contributed by atoms with Crippen LogP contribution in [0.3, 0.4) is 0 Å². The Morgan fingerprint density at radius 1 is 1.30 bits per heavy atom. The van der Waals surface area contributed by atoms with E-state index in [0.717, 1.165) is 31.3 Å². The summed E-state index contributed by atoms with van der Waals surface area (Å²) in [5, 5.41) is 0. The predicted octanol–water partition coefficient (Wildman–Crippen LogP) is 3.14. The Balaban J connectivity index is 2.40. The van der Waals surface area contributed by atoms with Gasteiger partial charge < -0.3 is 15.4 Å². The number of nitrogens with zero attached hydrogens (tertiary/aromatic N) is 1. The highest BCUT2D eigenvalue weighted by atomic mass is 16.5. The first-order valence-corrected chi connectivity index (χ1v) is 7.56. The van der Waals surface area contributed by atoms with Crippen LogP contribution in [0.4, 0.5) is 0 Å². The molecule has 0 radical (unpaired) electrons. The molecule has 1 rings (SSSR count). The topological polar surface area (TPSA) is 38.5 Å². The van der Waals surface area contributed by atoms with E-state index in [0.29, 0.717) is 5.92 Å². The molecule has 0 aliphatic carbocycles. The van der Waals surface area contributed by atoms with Gasteiger partial charge >= 0.3 is 0 Å². The number of nitrogens with two attached hydrogens (primary N) is 1. The number of hydrogen-bond donors (Lipinski definition) is 1.